The Morgan fingerprint density at radius 3 is 2.55 bits per heavy atom. The van der Waals surface area contributed by atoms with E-state index in [1.807, 2.05) is 14.0 Å². The number of nitrogens with two attached hydrogens (primary N) is 1. The molecule has 0 radical (unpaired) electrons. The molecule has 2 N–H and O–H groups in total. The molecule has 3 aromatic rings. The van der Waals surface area contributed by atoms with E-state index in [2.05, 4.69) is 9.88 Å². The van der Waals surface area contributed by atoms with E-state index >= 15 is 0 Å². The minimum atomic E-state index is -0.678. The van der Waals surface area contributed by atoms with Crippen molar-refractivity contribution in [1.82, 2.24) is 9.88 Å². The second kappa shape index (κ2) is 8.60. The standard InChI is InChI=1S/C22H21F2N3O3S/c1-12-18(7-20(31-12)22(25)28)21-19(29-11-13-3-14(23)5-15(24)4-13)6-16(8-26-21)30-17-9-27(2)10-17/h3-8,17H,9-11H2,1-2H3,(H2,25,28). The molecular weight excluding hydrogens is 424 g/mol. The number of likely N-dealkylation sites (tertiary alicyclic amines) is 1. The maximum absolute atomic E-state index is 13.5. The number of carbonyl (C=O) groups excluding carboxylic acids is 1. The third-order valence-corrected chi connectivity index (χ3v) is 5.96. The van der Waals surface area contributed by atoms with Crippen molar-refractivity contribution >= 4 is 17.2 Å². The number of benzene rings is 1. The first-order valence-corrected chi connectivity index (χ1v) is 10.4. The van der Waals surface area contributed by atoms with Gasteiger partial charge in [-0.15, -0.1) is 11.3 Å². The average Bonchev–Trinajstić information content (AvgIpc) is 3.06. The highest BCUT2D eigenvalue weighted by atomic mass is 32.1. The van der Waals surface area contributed by atoms with E-state index in [1.165, 1.54) is 23.5 Å². The third-order valence-electron chi connectivity index (χ3n) is 4.89. The third kappa shape index (κ3) is 4.83. The summed E-state index contributed by atoms with van der Waals surface area (Å²) >= 11 is 1.27. The lowest BCUT2D eigenvalue weighted by Crippen LogP contribution is -2.51. The van der Waals surface area contributed by atoms with Gasteiger partial charge in [0.2, 0.25) is 0 Å². The van der Waals surface area contributed by atoms with E-state index < -0.39 is 17.5 Å². The lowest BCUT2D eigenvalue weighted by atomic mass is 10.1. The van der Waals surface area contributed by atoms with Gasteiger partial charge >= 0.3 is 0 Å². The van der Waals surface area contributed by atoms with Crippen molar-refractivity contribution in [2.24, 2.45) is 5.73 Å². The van der Waals surface area contributed by atoms with E-state index in [9.17, 15) is 13.6 Å². The lowest BCUT2D eigenvalue weighted by molar-refractivity contribution is 0.0384. The summed E-state index contributed by atoms with van der Waals surface area (Å²) < 4.78 is 38.9. The maximum Gasteiger partial charge on any atom is 0.258 e. The van der Waals surface area contributed by atoms with Gasteiger partial charge in [-0.05, 0) is 37.7 Å². The quantitative estimate of drug-likeness (QED) is 0.599. The van der Waals surface area contributed by atoms with Gasteiger partial charge in [-0.25, -0.2) is 13.8 Å². The lowest BCUT2D eigenvalue weighted by Gasteiger charge is -2.35. The van der Waals surface area contributed by atoms with E-state index in [-0.39, 0.29) is 12.7 Å². The first kappa shape index (κ1) is 21.2. The van der Waals surface area contributed by atoms with Gasteiger partial charge in [0, 0.05) is 35.7 Å². The summed E-state index contributed by atoms with van der Waals surface area (Å²) in [6.45, 7) is 3.41. The molecule has 9 heteroatoms. The number of aryl methyl sites for hydroxylation is 1. The molecule has 162 valence electrons. The van der Waals surface area contributed by atoms with Crippen LogP contribution in [0, 0.1) is 18.6 Å². The Balaban J connectivity index is 1.65. The molecule has 0 saturated carbocycles. The highest BCUT2D eigenvalue weighted by molar-refractivity contribution is 7.14. The van der Waals surface area contributed by atoms with Gasteiger partial charge in [0.15, 0.2) is 0 Å². The van der Waals surface area contributed by atoms with Crippen molar-refractivity contribution < 1.29 is 23.0 Å². The largest absolute Gasteiger partial charge is 0.486 e. The number of hydrogen-bond acceptors (Lipinski definition) is 6. The van der Waals surface area contributed by atoms with Gasteiger partial charge < -0.3 is 15.2 Å². The fraction of sp³-hybridized carbons (Fsp3) is 0.273. The van der Waals surface area contributed by atoms with E-state index in [4.69, 9.17) is 15.2 Å². The maximum atomic E-state index is 13.5. The second-order valence-corrected chi connectivity index (χ2v) is 8.75. The number of likely N-dealkylation sites (N-methyl/N-ethyl adjacent to an activating group) is 1. The van der Waals surface area contributed by atoms with Crippen LogP contribution in [0.1, 0.15) is 20.1 Å². The van der Waals surface area contributed by atoms with Gasteiger partial charge in [0.05, 0.1) is 11.1 Å². The number of carbonyl (C=O) groups is 1. The Labute approximate surface area is 182 Å². The van der Waals surface area contributed by atoms with Gasteiger partial charge in [0.25, 0.3) is 5.91 Å². The van der Waals surface area contributed by atoms with Crippen molar-refractivity contribution in [1.29, 1.82) is 0 Å². The summed E-state index contributed by atoms with van der Waals surface area (Å²) in [4.78, 5) is 19.5. The van der Waals surface area contributed by atoms with Crippen LogP contribution < -0.4 is 15.2 Å². The Bertz CT molecular complexity index is 1110. The Morgan fingerprint density at radius 1 is 1.23 bits per heavy atom. The van der Waals surface area contributed by atoms with Crippen LogP contribution in [-0.2, 0) is 6.61 Å². The van der Waals surface area contributed by atoms with Crippen molar-refractivity contribution in [3.05, 3.63) is 63.5 Å². The zero-order chi connectivity index (χ0) is 22.1. The van der Waals surface area contributed by atoms with Gasteiger partial charge in [0.1, 0.15) is 41.5 Å². The molecule has 0 bridgehead atoms. The van der Waals surface area contributed by atoms with Gasteiger partial charge in [-0.2, -0.15) is 0 Å². The number of amides is 1. The Hall–Kier alpha value is -3.04. The minimum absolute atomic E-state index is 0.0622. The molecule has 0 spiro atoms. The molecule has 1 aliphatic rings. The van der Waals surface area contributed by atoms with Gasteiger partial charge in [-0.1, -0.05) is 0 Å². The van der Waals surface area contributed by atoms with E-state index in [0.29, 0.717) is 33.2 Å². The molecule has 0 aliphatic carbocycles. The Morgan fingerprint density at radius 2 is 1.94 bits per heavy atom. The van der Waals surface area contributed by atoms with Crippen molar-refractivity contribution in [2.75, 3.05) is 20.1 Å². The number of thiophene rings is 1. The van der Waals surface area contributed by atoms with E-state index in [0.717, 1.165) is 24.0 Å². The number of pyridine rings is 1. The first-order valence-electron chi connectivity index (χ1n) is 9.62. The summed E-state index contributed by atoms with van der Waals surface area (Å²) in [5.74, 6) is -0.964. The van der Waals surface area contributed by atoms with Gasteiger partial charge in [-0.3, -0.25) is 9.69 Å². The Kier molecular flexibility index (Phi) is 5.88. The molecule has 1 aromatic carbocycles. The molecule has 3 heterocycles. The van der Waals surface area contributed by atoms with Crippen LogP contribution in [0.15, 0.2) is 36.5 Å². The molecular formula is C22H21F2N3O3S. The summed E-state index contributed by atoms with van der Waals surface area (Å²) in [7, 11) is 2.00. The molecule has 1 saturated heterocycles. The monoisotopic (exact) mass is 445 g/mol. The normalized spacial score (nSPS) is 14.3. The summed E-state index contributed by atoms with van der Waals surface area (Å²) in [5, 5.41) is 0. The topological polar surface area (TPSA) is 77.7 Å². The fourth-order valence-corrected chi connectivity index (χ4v) is 4.28. The smallest absolute Gasteiger partial charge is 0.258 e. The summed E-state index contributed by atoms with van der Waals surface area (Å²) in [6, 6.07) is 6.60. The number of aromatic nitrogens is 1. The second-order valence-electron chi connectivity index (χ2n) is 7.49. The van der Waals surface area contributed by atoms with Crippen molar-refractivity contribution in [3.63, 3.8) is 0 Å². The molecule has 0 atom stereocenters. The highest BCUT2D eigenvalue weighted by Crippen LogP contribution is 2.37. The zero-order valence-electron chi connectivity index (χ0n) is 17.0. The minimum Gasteiger partial charge on any atom is -0.486 e. The number of primary amides is 1. The van der Waals surface area contributed by atoms with Crippen molar-refractivity contribution in [3.8, 4) is 22.8 Å². The molecule has 6 nitrogen and oxygen atoms in total. The van der Waals surface area contributed by atoms with Crippen LogP contribution >= 0.6 is 11.3 Å². The molecule has 4 rings (SSSR count). The van der Waals surface area contributed by atoms with Crippen LogP contribution in [0.5, 0.6) is 11.5 Å². The summed E-state index contributed by atoms with van der Waals surface area (Å²) in [5.41, 5.74) is 6.95. The number of hydrogen-bond donors (Lipinski definition) is 1. The van der Waals surface area contributed by atoms with Crippen LogP contribution in [0.4, 0.5) is 8.78 Å². The van der Waals surface area contributed by atoms with Crippen LogP contribution in [0.25, 0.3) is 11.3 Å². The molecule has 31 heavy (non-hydrogen) atoms. The molecule has 0 unspecified atom stereocenters. The predicted molar refractivity (Wildman–Crippen MR) is 113 cm³/mol. The first-order chi connectivity index (χ1) is 14.8. The van der Waals surface area contributed by atoms with Crippen molar-refractivity contribution in [2.45, 2.75) is 19.6 Å². The van der Waals surface area contributed by atoms with Crippen LogP contribution in [0.3, 0.4) is 0 Å². The highest BCUT2D eigenvalue weighted by Gasteiger charge is 2.26. The summed E-state index contributed by atoms with van der Waals surface area (Å²) in [6.07, 6.45) is 1.66. The molecule has 1 fully saturated rings. The predicted octanol–water partition coefficient (Wildman–Crippen LogP) is 3.77. The molecule has 2 aromatic heterocycles. The molecule has 1 amide bonds. The fourth-order valence-electron chi connectivity index (χ4n) is 3.41. The molecule has 1 aliphatic heterocycles. The van der Waals surface area contributed by atoms with E-state index in [1.54, 1.807) is 18.3 Å². The average molecular weight is 445 g/mol. The number of halogens is 2. The zero-order valence-corrected chi connectivity index (χ0v) is 17.8. The number of nitrogens with zero attached hydrogens (tertiary/aromatic N) is 2. The number of ether oxygens (including phenoxy) is 2. The van der Waals surface area contributed by atoms with Crippen LogP contribution in [0.2, 0.25) is 0 Å². The number of rotatable bonds is 7. The SMILES string of the molecule is Cc1sc(C(N)=O)cc1-c1ncc(OC2CN(C)C2)cc1OCc1cc(F)cc(F)c1. The van der Waals surface area contributed by atoms with Crippen LogP contribution in [-0.4, -0.2) is 42.0 Å².